The Kier molecular flexibility index (Phi) is 5.00. The van der Waals surface area contributed by atoms with Crippen LogP contribution in [-0.4, -0.2) is 48.3 Å². The second-order valence-corrected chi connectivity index (χ2v) is 7.51. The number of rotatable bonds is 6. The van der Waals surface area contributed by atoms with Crippen molar-refractivity contribution in [2.24, 2.45) is 7.05 Å². The van der Waals surface area contributed by atoms with Gasteiger partial charge in [0.2, 0.25) is 0 Å². The van der Waals surface area contributed by atoms with Gasteiger partial charge in [0.15, 0.2) is 9.84 Å². The fourth-order valence-corrected chi connectivity index (χ4v) is 4.29. The number of aromatic nitrogens is 2. The summed E-state index contributed by atoms with van der Waals surface area (Å²) in [6.45, 7) is 2.84. The third kappa shape index (κ3) is 3.62. The van der Waals surface area contributed by atoms with Crippen LogP contribution >= 0.6 is 0 Å². The van der Waals surface area contributed by atoms with E-state index in [1.807, 2.05) is 0 Å². The summed E-state index contributed by atoms with van der Waals surface area (Å²) in [6, 6.07) is 0. The molecule has 1 fully saturated rings. The number of nitrogens with one attached hydrogen (secondary N) is 1. The van der Waals surface area contributed by atoms with Gasteiger partial charge in [-0.15, -0.1) is 0 Å². The van der Waals surface area contributed by atoms with E-state index in [-0.39, 0.29) is 11.0 Å². The number of carbonyl (C=O) groups excluding carboxylic acids is 1. The number of esters is 1. The van der Waals surface area contributed by atoms with Gasteiger partial charge in [-0.2, -0.15) is 5.10 Å². The molecule has 1 unspecified atom stereocenters. The molecule has 118 valence electrons. The van der Waals surface area contributed by atoms with Crippen molar-refractivity contribution in [3.8, 4) is 0 Å². The standard InChI is InChI=1S/C13H21N3O4S/c1-3-20-13(17)11-8-15-16(2)12(11)9-14-7-10-5-4-6-21(10,18)19/h8,10,14H,3-7,9H2,1-2H3. The molecule has 0 saturated carbocycles. The van der Waals surface area contributed by atoms with Crippen LogP contribution in [0.15, 0.2) is 6.20 Å². The smallest absolute Gasteiger partial charge is 0.341 e. The van der Waals surface area contributed by atoms with Crippen molar-refractivity contribution in [3.05, 3.63) is 17.5 Å². The van der Waals surface area contributed by atoms with E-state index in [1.165, 1.54) is 6.20 Å². The van der Waals surface area contributed by atoms with Crippen molar-refractivity contribution in [2.75, 3.05) is 18.9 Å². The fourth-order valence-electron chi connectivity index (χ4n) is 2.49. The highest BCUT2D eigenvalue weighted by Gasteiger charge is 2.30. The minimum absolute atomic E-state index is 0.277. The molecule has 0 spiro atoms. The molecule has 0 aromatic carbocycles. The summed E-state index contributed by atoms with van der Waals surface area (Å²) >= 11 is 0. The van der Waals surface area contributed by atoms with E-state index in [4.69, 9.17) is 4.74 Å². The third-order valence-corrected chi connectivity index (χ3v) is 5.96. The van der Waals surface area contributed by atoms with E-state index >= 15 is 0 Å². The zero-order valence-electron chi connectivity index (χ0n) is 12.3. The summed E-state index contributed by atoms with van der Waals surface area (Å²) in [4.78, 5) is 11.8. The van der Waals surface area contributed by atoms with Crippen molar-refractivity contribution in [1.82, 2.24) is 15.1 Å². The van der Waals surface area contributed by atoms with Gasteiger partial charge in [0.1, 0.15) is 5.56 Å². The lowest BCUT2D eigenvalue weighted by molar-refractivity contribution is 0.0524. The Hall–Kier alpha value is -1.41. The molecule has 0 amide bonds. The van der Waals surface area contributed by atoms with Crippen LogP contribution in [0.4, 0.5) is 0 Å². The summed E-state index contributed by atoms with van der Waals surface area (Å²) in [5.74, 6) is -0.130. The molecule has 1 aromatic heterocycles. The molecule has 7 nitrogen and oxygen atoms in total. The van der Waals surface area contributed by atoms with Gasteiger partial charge in [-0.05, 0) is 19.8 Å². The molecule has 1 N–H and O–H groups in total. The Bertz CT molecular complexity index is 609. The minimum Gasteiger partial charge on any atom is -0.462 e. The quantitative estimate of drug-likeness (QED) is 0.758. The Balaban J connectivity index is 1.97. The lowest BCUT2D eigenvalue weighted by Crippen LogP contribution is -2.31. The number of nitrogens with zero attached hydrogens (tertiary/aromatic N) is 2. The predicted octanol–water partition coefficient (Wildman–Crippen LogP) is 0.264. The Morgan fingerprint density at radius 3 is 2.95 bits per heavy atom. The zero-order chi connectivity index (χ0) is 15.5. The molecule has 2 heterocycles. The maximum absolute atomic E-state index is 11.8. The monoisotopic (exact) mass is 315 g/mol. The first-order valence-electron chi connectivity index (χ1n) is 7.06. The molecule has 1 aliphatic heterocycles. The lowest BCUT2D eigenvalue weighted by Gasteiger charge is -2.11. The summed E-state index contributed by atoms with van der Waals surface area (Å²) in [7, 11) is -1.21. The molecule has 1 saturated heterocycles. The van der Waals surface area contributed by atoms with Gasteiger partial charge >= 0.3 is 5.97 Å². The van der Waals surface area contributed by atoms with E-state index in [9.17, 15) is 13.2 Å². The van der Waals surface area contributed by atoms with Gasteiger partial charge < -0.3 is 10.1 Å². The van der Waals surface area contributed by atoms with Crippen LogP contribution in [-0.2, 0) is 28.2 Å². The minimum atomic E-state index is -2.95. The van der Waals surface area contributed by atoms with Gasteiger partial charge in [0.25, 0.3) is 0 Å². The van der Waals surface area contributed by atoms with Crippen molar-refractivity contribution < 1.29 is 17.9 Å². The number of carbonyl (C=O) groups is 1. The van der Waals surface area contributed by atoms with Crippen LogP contribution in [0.5, 0.6) is 0 Å². The highest BCUT2D eigenvalue weighted by Crippen LogP contribution is 2.19. The van der Waals surface area contributed by atoms with Gasteiger partial charge in [0.05, 0.1) is 29.5 Å². The van der Waals surface area contributed by atoms with Crippen molar-refractivity contribution in [1.29, 1.82) is 0 Å². The number of hydrogen-bond donors (Lipinski definition) is 1. The average Bonchev–Trinajstić information content (AvgIpc) is 2.94. The first-order valence-corrected chi connectivity index (χ1v) is 8.77. The normalized spacial score (nSPS) is 20.6. The van der Waals surface area contributed by atoms with E-state index in [0.717, 1.165) is 6.42 Å². The molecule has 1 aromatic rings. The second kappa shape index (κ2) is 6.57. The van der Waals surface area contributed by atoms with Crippen LogP contribution < -0.4 is 5.32 Å². The molecule has 2 rings (SSSR count). The summed E-state index contributed by atoms with van der Waals surface area (Å²) < 4.78 is 30.1. The molecule has 0 bridgehead atoms. The molecular weight excluding hydrogens is 294 g/mol. The van der Waals surface area contributed by atoms with Crippen molar-refractivity contribution >= 4 is 15.8 Å². The van der Waals surface area contributed by atoms with Crippen LogP contribution in [0.2, 0.25) is 0 Å². The highest BCUT2D eigenvalue weighted by molar-refractivity contribution is 7.92. The van der Waals surface area contributed by atoms with E-state index in [1.54, 1.807) is 18.7 Å². The molecule has 8 heteroatoms. The van der Waals surface area contributed by atoms with Crippen LogP contribution in [0.1, 0.15) is 35.8 Å². The SMILES string of the molecule is CCOC(=O)c1cnn(C)c1CNCC1CCCS1(=O)=O. The van der Waals surface area contributed by atoms with Crippen LogP contribution in [0.3, 0.4) is 0 Å². The average molecular weight is 315 g/mol. The molecule has 21 heavy (non-hydrogen) atoms. The third-order valence-electron chi connectivity index (χ3n) is 3.68. The molecule has 0 radical (unpaired) electrons. The maximum Gasteiger partial charge on any atom is 0.341 e. The van der Waals surface area contributed by atoms with Gasteiger partial charge in [-0.25, -0.2) is 13.2 Å². The first kappa shape index (κ1) is 16.0. The maximum atomic E-state index is 11.8. The summed E-state index contributed by atoms with van der Waals surface area (Å²) in [5, 5.41) is 6.85. The largest absolute Gasteiger partial charge is 0.462 e. The van der Waals surface area contributed by atoms with Crippen molar-refractivity contribution in [2.45, 2.75) is 31.6 Å². The number of sulfone groups is 1. The van der Waals surface area contributed by atoms with E-state index < -0.39 is 15.8 Å². The zero-order valence-corrected chi connectivity index (χ0v) is 13.1. The molecule has 1 atom stereocenters. The fraction of sp³-hybridized carbons (Fsp3) is 0.692. The molecular formula is C13H21N3O4S. The van der Waals surface area contributed by atoms with Crippen LogP contribution in [0.25, 0.3) is 0 Å². The summed E-state index contributed by atoms with van der Waals surface area (Å²) in [5.41, 5.74) is 1.12. The number of hydrogen-bond acceptors (Lipinski definition) is 6. The molecule has 1 aliphatic rings. The first-order chi connectivity index (χ1) is 9.95. The second-order valence-electron chi connectivity index (χ2n) is 5.11. The van der Waals surface area contributed by atoms with E-state index in [2.05, 4.69) is 10.4 Å². The lowest BCUT2D eigenvalue weighted by atomic mass is 10.2. The molecule has 0 aliphatic carbocycles. The van der Waals surface area contributed by atoms with Gasteiger partial charge in [-0.1, -0.05) is 0 Å². The van der Waals surface area contributed by atoms with Crippen LogP contribution in [0, 0.1) is 0 Å². The number of aryl methyl sites for hydroxylation is 1. The van der Waals surface area contributed by atoms with E-state index in [0.29, 0.717) is 37.4 Å². The Morgan fingerprint density at radius 2 is 2.33 bits per heavy atom. The Morgan fingerprint density at radius 1 is 1.57 bits per heavy atom. The Labute approximate surface area is 124 Å². The topological polar surface area (TPSA) is 90.3 Å². The predicted molar refractivity (Wildman–Crippen MR) is 77.7 cm³/mol. The highest BCUT2D eigenvalue weighted by atomic mass is 32.2. The van der Waals surface area contributed by atoms with Crippen molar-refractivity contribution in [3.63, 3.8) is 0 Å². The van der Waals surface area contributed by atoms with Gasteiger partial charge in [-0.3, -0.25) is 4.68 Å². The summed E-state index contributed by atoms with van der Waals surface area (Å²) in [6.07, 6.45) is 2.90. The van der Waals surface area contributed by atoms with Gasteiger partial charge in [0, 0.05) is 20.1 Å². The number of ether oxygens (including phenoxy) is 1.